The number of rotatable bonds is 3. The molecule has 0 amide bonds. The molecule has 0 saturated heterocycles. The third kappa shape index (κ3) is 3.76. The summed E-state index contributed by atoms with van der Waals surface area (Å²) < 4.78 is 13.1. The number of hydrogen-bond acceptors (Lipinski definition) is 1. The van der Waals surface area contributed by atoms with Crippen molar-refractivity contribution >= 4 is 28.7 Å². The van der Waals surface area contributed by atoms with E-state index in [9.17, 15) is 4.39 Å². The highest BCUT2D eigenvalue weighted by atomic mass is 32.1. The van der Waals surface area contributed by atoms with Crippen LogP contribution in [0.2, 0.25) is 0 Å². The fourth-order valence-corrected chi connectivity index (χ4v) is 2.03. The molecule has 2 nitrogen and oxygen atoms in total. The van der Waals surface area contributed by atoms with Gasteiger partial charge in [0, 0.05) is 11.4 Å². The molecule has 0 aromatic heterocycles. The summed E-state index contributed by atoms with van der Waals surface area (Å²) in [7, 11) is 0. The molecule has 0 saturated carbocycles. The van der Waals surface area contributed by atoms with Crippen molar-refractivity contribution in [1.82, 2.24) is 0 Å². The van der Waals surface area contributed by atoms with Crippen molar-refractivity contribution in [2.45, 2.75) is 13.3 Å². The molecular formula is C15H15FN2S. The third-order valence-electron chi connectivity index (χ3n) is 2.73. The maximum atomic E-state index is 13.1. The molecule has 2 N–H and O–H groups in total. The molecule has 98 valence electrons. The number of thiocarbonyl (C=S) groups is 1. The molecule has 0 atom stereocenters. The first-order valence-corrected chi connectivity index (χ1v) is 6.51. The van der Waals surface area contributed by atoms with Crippen LogP contribution in [0, 0.1) is 5.82 Å². The monoisotopic (exact) mass is 274 g/mol. The molecule has 2 rings (SSSR count). The Kier molecular flexibility index (Phi) is 4.47. The Morgan fingerprint density at radius 2 is 1.89 bits per heavy atom. The first-order valence-electron chi connectivity index (χ1n) is 6.10. The Bertz CT molecular complexity index is 584. The molecule has 0 radical (unpaired) electrons. The fraction of sp³-hybridized carbons (Fsp3) is 0.133. The number of nitrogens with one attached hydrogen (secondary N) is 2. The highest BCUT2D eigenvalue weighted by Crippen LogP contribution is 2.16. The number of aryl methyl sites for hydroxylation is 1. The Balaban J connectivity index is 2.05. The summed E-state index contributed by atoms with van der Waals surface area (Å²) in [6, 6.07) is 14.2. The zero-order valence-electron chi connectivity index (χ0n) is 10.6. The molecule has 2 aromatic rings. The van der Waals surface area contributed by atoms with Gasteiger partial charge in [0.2, 0.25) is 0 Å². The van der Waals surface area contributed by atoms with Crippen molar-refractivity contribution in [3.8, 4) is 0 Å². The first kappa shape index (κ1) is 13.5. The normalized spacial score (nSPS) is 10.0. The predicted octanol–water partition coefficient (Wildman–Crippen LogP) is 4.20. The molecule has 0 bridgehead atoms. The van der Waals surface area contributed by atoms with Crippen molar-refractivity contribution in [3.63, 3.8) is 0 Å². The summed E-state index contributed by atoms with van der Waals surface area (Å²) >= 11 is 5.22. The number of para-hydroxylation sites is 1. The van der Waals surface area contributed by atoms with Crippen LogP contribution >= 0.6 is 12.2 Å². The van der Waals surface area contributed by atoms with Gasteiger partial charge in [0.15, 0.2) is 5.11 Å². The summed E-state index contributed by atoms with van der Waals surface area (Å²) in [5.74, 6) is -0.290. The Morgan fingerprint density at radius 1 is 1.11 bits per heavy atom. The second-order valence-electron chi connectivity index (χ2n) is 4.10. The molecule has 0 aliphatic carbocycles. The fourth-order valence-electron chi connectivity index (χ4n) is 1.80. The zero-order chi connectivity index (χ0) is 13.7. The minimum Gasteiger partial charge on any atom is -0.332 e. The van der Waals surface area contributed by atoms with Crippen molar-refractivity contribution < 1.29 is 4.39 Å². The Morgan fingerprint density at radius 3 is 2.63 bits per heavy atom. The van der Waals surface area contributed by atoms with Crippen molar-refractivity contribution in [1.29, 1.82) is 0 Å². The number of halogens is 1. The molecular weight excluding hydrogens is 259 g/mol. The largest absolute Gasteiger partial charge is 0.332 e. The molecule has 19 heavy (non-hydrogen) atoms. The maximum absolute atomic E-state index is 13.1. The van der Waals surface area contributed by atoms with Gasteiger partial charge in [-0.05, 0) is 48.5 Å². The minimum atomic E-state index is -0.290. The summed E-state index contributed by atoms with van der Waals surface area (Å²) in [4.78, 5) is 0. The van der Waals surface area contributed by atoms with Crippen molar-refractivity contribution in [2.24, 2.45) is 0 Å². The molecule has 0 heterocycles. The number of hydrogen-bond donors (Lipinski definition) is 2. The first-order chi connectivity index (χ1) is 9.19. The van der Waals surface area contributed by atoms with Gasteiger partial charge in [-0.3, -0.25) is 0 Å². The topological polar surface area (TPSA) is 24.1 Å². The quantitative estimate of drug-likeness (QED) is 0.820. The van der Waals surface area contributed by atoms with Gasteiger partial charge >= 0.3 is 0 Å². The lowest BCUT2D eigenvalue weighted by Gasteiger charge is -2.13. The van der Waals surface area contributed by atoms with Crippen LogP contribution in [-0.4, -0.2) is 5.11 Å². The minimum absolute atomic E-state index is 0.290. The van der Waals surface area contributed by atoms with E-state index in [1.165, 1.54) is 17.7 Å². The van der Waals surface area contributed by atoms with Gasteiger partial charge in [-0.15, -0.1) is 0 Å². The molecule has 0 aliphatic rings. The SMILES string of the molecule is CCc1ccccc1NC(=S)Nc1cccc(F)c1. The van der Waals surface area contributed by atoms with Crippen LogP contribution in [0.4, 0.5) is 15.8 Å². The van der Waals surface area contributed by atoms with Gasteiger partial charge in [-0.25, -0.2) is 4.39 Å². The number of benzene rings is 2. The summed E-state index contributed by atoms with van der Waals surface area (Å²) in [6.07, 6.45) is 0.922. The van der Waals surface area contributed by atoms with Crippen molar-refractivity contribution in [2.75, 3.05) is 10.6 Å². The van der Waals surface area contributed by atoms with E-state index in [-0.39, 0.29) is 5.82 Å². The van der Waals surface area contributed by atoms with Gasteiger partial charge in [0.25, 0.3) is 0 Å². The van der Waals surface area contributed by atoms with Crippen LogP contribution in [0.1, 0.15) is 12.5 Å². The van der Waals surface area contributed by atoms with E-state index in [2.05, 4.69) is 17.6 Å². The highest BCUT2D eigenvalue weighted by molar-refractivity contribution is 7.80. The molecule has 0 fully saturated rings. The van der Waals surface area contributed by atoms with Crippen LogP contribution < -0.4 is 10.6 Å². The molecule has 2 aromatic carbocycles. The number of anilines is 2. The standard InChI is InChI=1S/C15H15FN2S/c1-2-11-6-3-4-9-14(11)18-15(19)17-13-8-5-7-12(16)10-13/h3-10H,2H2,1H3,(H2,17,18,19). The lowest BCUT2D eigenvalue weighted by molar-refractivity contribution is 0.628. The van der Waals surface area contributed by atoms with Crippen LogP contribution in [-0.2, 0) is 6.42 Å². The van der Waals surface area contributed by atoms with Gasteiger partial charge < -0.3 is 10.6 Å². The van der Waals surface area contributed by atoms with Crippen LogP contribution in [0.5, 0.6) is 0 Å². The van der Waals surface area contributed by atoms with Crippen molar-refractivity contribution in [3.05, 3.63) is 59.9 Å². The van der Waals surface area contributed by atoms with Gasteiger partial charge in [-0.1, -0.05) is 31.2 Å². The summed E-state index contributed by atoms with van der Waals surface area (Å²) in [5, 5.41) is 6.54. The average Bonchev–Trinajstić information content (AvgIpc) is 2.39. The Hall–Kier alpha value is -1.94. The van der Waals surface area contributed by atoms with E-state index in [1.807, 2.05) is 24.3 Å². The average molecular weight is 274 g/mol. The predicted molar refractivity (Wildman–Crippen MR) is 82.1 cm³/mol. The van der Waals surface area contributed by atoms with E-state index < -0.39 is 0 Å². The van der Waals surface area contributed by atoms with E-state index in [1.54, 1.807) is 12.1 Å². The third-order valence-corrected chi connectivity index (χ3v) is 2.93. The van der Waals surface area contributed by atoms with E-state index in [0.29, 0.717) is 10.8 Å². The highest BCUT2D eigenvalue weighted by Gasteiger charge is 2.03. The summed E-state index contributed by atoms with van der Waals surface area (Å²) in [6.45, 7) is 2.09. The smallest absolute Gasteiger partial charge is 0.175 e. The van der Waals surface area contributed by atoms with Crippen LogP contribution in [0.15, 0.2) is 48.5 Å². The summed E-state index contributed by atoms with van der Waals surface area (Å²) in [5.41, 5.74) is 2.79. The van der Waals surface area contributed by atoms with Crippen LogP contribution in [0.25, 0.3) is 0 Å². The lowest BCUT2D eigenvalue weighted by Crippen LogP contribution is -2.19. The van der Waals surface area contributed by atoms with Gasteiger partial charge in [-0.2, -0.15) is 0 Å². The molecule has 4 heteroatoms. The lowest BCUT2D eigenvalue weighted by atomic mass is 10.1. The molecule has 0 unspecified atom stereocenters. The second-order valence-corrected chi connectivity index (χ2v) is 4.51. The van der Waals surface area contributed by atoms with E-state index in [4.69, 9.17) is 12.2 Å². The molecule has 0 spiro atoms. The van der Waals surface area contributed by atoms with Gasteiger partial charge in [0.05, 0.1) is 0 Å². The maximum Gasteiger partial charge on any atom is 0.175 e. The van der Waals surface area contributed by atoms with E-state index in [0.717, 1.165) is 12.1 Å². The zero-order valence-corrected chi connectivity index (χ0v) is 11.4. The van der Waals surface area contributed by atoms with Gasteiger partial charge in [0.1, 0.15) is 5.82 Å². The van der Waals surface area contributed by atoms with Crippen LogP contribution in [0.3, 0.4) is 0 Å². The van der Waals surface area contributed by atoms with E-state index >= 15 is 0 Å². The second kappa shape index (κ2) is 6.29. The Labute approximate surface area is 117 Å². The molecule has 0 aliphatic heterocycles.